The molecule has 0 heterocycles. The van der Waals surface area contributed by atoms with Gasteiger partial charge in [-0.2, -0.15) is 0 Å². The minimum atomic E-state index is -0.196. The molecule has 0 rings (SSSR count). The van der Waals surface area contributed by atoms with Crippen molar-refractivity contribution in [2.45, 2.75) is 33.6 Å². The normalized spacial score (nSPS) is 11.2. The molecule has 0 spiro atoms. The maximum absolute atomic E-state index is 11.0. The van der Waals surface area contributed by atoms with Gasteiger partial charge in [-0.15, -0.1) is 0 Å². The Hall–Kier alpha value is -0.990. The second-order valence-corrected chi connectivity index (χ2v) is 2.65. The van der Waals surface area contributed by atoms with E-state index in [0.29, 0.717) is 6.61 Å². The summed E-state index contributed by atoms with van der Waals surface area (Å²) in [5, 5.41) is 3.04. The standard InChI is InChI=1S/C10H19NO2/c1-4-7-9(5-2)11-8-10(12)13-6-3/h7,11H,4-6,8H2,1-3H3/b9-7+. The van der Waals surface area contributed by atoms with Gasteiger partial charge in [0.2, 0.25) is 0 Å². The van der Waals surface area contributed by atoms with Crippen LogP contribution in [0.5, 0.6) is 0 Å². The van der Waals surface area contributed by atoms with Crippen molar-refractivity contribution in [2.24, 2.45) is 0 Å². The minimum absolute atomic E-state index is 0.196. The monoisotopic (exact) mass is 185 g/mol. The van der Waals surface area contributed by atoms with Gasteiger partial charge in [0.05, 0.1) is 6.61 Å². The molecule has 0 aromatic heterocycles. The number of ether oxygens (including phenoxy) is 1. The van der Waals surface area contributed by atoms with Crippen LogP contribution in [-0.4, -0.2) is 19.1 Å². The third-order valence-corrected chi connectivity index (χ3v) is 1.60. The van der Waals surface area contributed by atoms with Crippen molar-refractivity contribution in [2.75, 3.05) is 13.2 Å². The Morgan fingerprint density at radius 3 is 2.54 bits per heavy atom. The lowest BCUT2D eigenvalue weighted by molar-refractivity contribution is -0.141. The lowest BCUT2D eigenvalue weighted by Gasteiger charge is -2.07. The average molecular weight is 185 g/mol. The molecule has 0 unspecified atom stereocenters. The van der Waals surface area contributed by atoms with Crippen LogP contribution in [0.3, 0.4) is 0 Å². The van der Waals surface area contributed by atoms with Crippen molar-refractivity contribution < 1.29 is 9.53 Å². The van der Waals surface area contributed by atoms with Gasteiger partial charge in [0.1, 0.15) is 6.54 Å². The predicted octanol–water partition coefficient (Wildman–Crippen LogP) is 1.84. The summed E-state index contributed by atoms with van der Waals surface area (Å²) in [5.41, 5.74) is 1.11. The van der Waals surface area contributed by atoms with E-state index >= 15 is 0 Å². The Labute approximate surface area is 80.2 Å². The molecule has 0 amide bonds. The first-order valence-electron chi connectivity index (χ1n) is 4.83. The quantitative estimate of drug-likeness (QED) is 0.642. The van der Waals surface area contributed by atoms with Crippen LogP contribution in [0.1, 0.15) is 33.6 Å². The molecule has 1 N–H and O–H groups in total. The molecule has 0 fully saturated rings. The van der Waals surface area contributed by atoms with E-state index in [4.69, 9.17) is 4.74 Å². The van der Waals surface area contributed by atoms with E-state index in [1.807, 2.05) is 0 Å². The van der Waals surface area contributed by atoms with Gasteiger partial charge in [-0.1, -0.05) is 19.9 Å². The van der Waals surface area contributed by atoms with Gasteiger partial charge in [0.15, 0.2) is 0 Å². The second kappa shape index (κ2) is 7.65. The molecule has 0 atom stereocenters. The number of rotatable bonds is 6. The molecule has 13 heavy (non-hydrogen) atoms. The molecule has 0 bridgehead atoms. The SMILES string of the molecule is CC/C=C(\CC)NCC(=O)OCC. The highest BCUT2D eigenvalue weighted by Gasteiger charge is 2.00. The smallest absolute Gasteiger partial charge is 0.325 e. The van der Waals surface area contributed by atoms with Gasteiger partial charge in [0.25, 0.3) is 0 Å². The number of nitrogens with one attached hydrogen (secondary N) is 1. The van der Waals surface area contributed by atoms with Crippen molar-refractivity contribution in [1.82, 2.24) is 5.32 Å². The van der Waals surface area contributed by atoms with Crippen molar-refractivity contribution in [3.8, 4) is 0 Å². The van der Waals surface area contributed by atoms with E-state index < -0.39 is 0 Å². The van der Waals surface area contributed by atoms with Crippen molar-refractivity contribution in [3.63, 3.8) is 0 Å². The zero-order chi connectivity index (χ0) is 10.1. The van der Waals surface area contributed by atoms with Crippen LogP contribution in [-0.2, 0) is 9.53 Å². The van der Waals surface area contributed by atoms with Gasteiger partial charge in [-0.25, -0.2) is 0 Å². The first-order chi connectivity index (χ1) is 6.24. The van der Waals surface area contributed by atoms with E-state index in [-0.39, 0.29) is 12.5 Å². The summed E-state index contributed by atoms with van der Waals surface area (Å²) in [4.78, 5) is 11.0. The average Bonchev–Trinajstić information content (AvgIpc) is 2.12. The molecule has 0 aliphatic heterocycles. The highest BCUT2D eigenvalue weighted by atomic mass is 16.5. The molecule has 0 saturated heterocycles. The topological polar surface area (TPSA) is 38.3 Å². The van der Waals surface area contributed by atoms with E-state index in [1.165, 1.54) is 0 Å². The third-order valence-electron chi connectivity index (χ3n) is 1.60. The Morgan fingerprint density at radius 2 is 2.08 bits per heavy atom. The van der Waals surface area contributed by atoms with Crippen LogP contribution >= 0.6 is 0 Å². The van der Waals surface area contributed by atoms with E-state index in [0.717, 1.165) is 18.5 Å². The lowest BCUT2D eigenvalue weighted by atomic mass is 10.3. The summed E-state index contributed by atoms with van der Waals surface area (Å²) in [6, 6.07) is 0. The lowest BCUT2D eigenvalue weighted by Crippen LogP contribution is -2.24. The first-order valence-corrected chi connectivity index (χ1v) is 4.83. The third kappa shape index (κ3) is 6.20. The van der Waals surface area contributed by atoms with Gasteiger partial charge >= 0.3 is 5.97 Å². The van der Waals surface area contributed by atoms with Gasteiger partial charge < -0.3 is 10.1 Å². The zero-order valence-electron chi connectivity index (χ0n) is 8.72. The number of allylic oxidation sites excluding steroid dienone is 2. The molecule has 3 nitrogen and oxygen atoms in total. The van der Waals surface area contributed by atoms with Crippen molar-refractivity contribution in [3.05, 3.63) is 11.8 Å². The summed E-state index contributed by atoms with van der Waals surface area (Å²) >= 11 is 0. The summed E-state index contributed by atoms with van der Waals surface area (Å²) in [7, 11) is 0. The number of carbonyl (C=O) groups excluding carboxylic acids is 1. The fourth-order valence-corrected chi connectivity index (χ4v) is 0.986. The second-order valence-electron chi connectivity index (χ2n) is 2.65. The maximum Gasteiger partial charge on any atom is 0.325 e. The van der Waals surface area contributed by atoms with Crippen LogP contribution in [0.4, 0.5) is 0 Å². The Morgan fingerprint density at radius 1 is 1.38 bits per heavy atom. The van der Waals surface area contributed by atoms with Gasteiger partial charge in [-0.3, -0.25) is 4.79 Å². The number of esters is 1. The van der Waals surface area contributed by atoms with Crippen LogP contribution < -0.4 is 5.32 Å². The molecule has 3 heteroatoms. The zero-order valence-corrected chi connectivity index (χ0v) is 8.72. The highest BCUT2D eigenvalue weighted by molar-refractivity contribution is 5.71. The fraction of sp³-hybridized carbons (Fsp3) is 0.700. The van der Waals surface area contributed by atoms with E-state index in [1.54, 1.807) is 6.92 Å². The summed E-state index contributed by atoms with van der Waals surface area (Å²) in [6.07, 6.45) is 3.99. The van der Waals surface area contributed by atoms with Crippen molar-refractivity contribution >= 4 is 5.97 Å². The van der Waals surface area contributed by atoms with Crippen LogP contribution in [0.25, 0.3) is 0 Å². The minimum Gasteiger partial charge on any atom is -0.465 e. The predicted molar refractivity (Wildman–Crippen MR) is 53.3 cm³/mol. The fourth-order valence-electron chi connectivity index (χ4n) is 0.986. The van der Waals surface area contributed by atoms with Crippen molar-refractivity contribution in [1.29, 1.82) is 0 Å². The Kier molecular flexibility index (Phi) is 7.07. The molecule has 0 aromatic rings. The molecule has 76 valence electrons. The van der Waals surface area contributed by atoms with Crippen LogP contribution in [0.2, 0.25) is 0 Å². The highest BCUT2D eigenvalue weighted by Crippen LogP contribution is 1.96. The van der Waals surface area contributed by atoms with Crippen LogP contribution in [0.15, 0.2) is 11.8 Å². The van der Waals surface area contributed by atoms with Gasteiger partial charge in [0, 0.05) is 5.70 Å². The number of hydrogen-bond donors (Lipinski definition) is 1. The maximum atomic E-state index is 11.0. The molecular weight excluding hydrogens is 166 g/mol. The molecule has 0 radical (unpaired) electrons. The number of carbonyl (C=O) groups is 1. The molecule has 0 aliphatic carbocycles. The van der Waals surface area contributed by atoms with E-state index in [2.05, 4.69) is 25.2 Å². The van der Waals surface area contributed by atoms with Gasteiger partial charge in [-0.05, 0) is 19.8 Å². The van der Waals surface area contributed by atoms with E-state index in [9.17, 15) is 4.79 Å². The number of hydrogen-bond acceptors (Lipinski definition) is 3. The Balaban J connectivity index is 3.72. The Bertz CT molecular complexity index is 176. The molecular formula is C10H19NO2. The summed E-state index contributed by atoms with van der Waals surface area (Å²) in [5.74, 6) is -0.196. The first kappa shape index (κ1) is 12.0. The summed E-state index contributed by atoms with van der Waals surface area (Å²) in [6.45, 7) is 6.65. The summed E-state index contributed by atoms with van der Waals surface area (Å²) < 4.78 is 4.79. The molecule has 0 aromatic carbocycles. The molecule has 0 aliphatic rings. The largest absolute Gasteiger partial charge is 0.465 e. The van der Waals surface area contributed by atoms with Crippen LogP contribution in [0, 0.1) is 0 Å². The molecule has 0 saturated carbocycles.